The van der Waals surface area contributed by atoms with Crippen molar-refractivity contribution < 1.29 is 5.11 Å². The van der Waals surface area contributed by atoms with Gasteiger partial charge in [0.15, 0.2) is 0 Å². The van der Waals surface area contributed by atoms with Gasteiger partial charge in [-0.15, -0.1) is 11.3 Å². The van der Waals surface area contributed by atoms with Crippen molar-refractivity contribution in [2.24, 2.45) is 5.92 Å². The molecule has 0 saturated carbocycles. The fourth-order valence-corrected chi connectivity index (χ4v) is 2.30. The van der Waals surface area contributed by atoms with Crippen LogP contribution in [0.2, 0.25) is 4.34 Å². The van der Waals surface area contributed by atoms with Crippen molar-refractivity contribution in [3.8, 4) is 0 Å². The summed E-state index contributed by atoms with van der Waals surface area (Å²) in [5.74, 6) is 0.578. The largest absolute Gasteiger partial charge is 0.395 e. The van der Waals surface area contributed by atoms with Crippen LogP contribution < -0.4 is 5.32 Å². The lowest BCUT2D eigenvalue weighted by atomic mass is 10.0. The first-order chi connectivity index (χ1) is 7.11. The molecule has 1 aromatic heterocycles. The van der Waals surface area contributed by atoms with E-state index in [4.69, 9.17) is 16.7 Å². The van der Waals surface area contributed by atoms with Gasteiger partial charge in [0.1, 0.15) is 9.34 Å². The van der Waals surface area contributed by atoms with Gasteiger partial charge in [-0.1, -0.05) is 25.4 Å². The van der Waals surface area contributed by atoms with Crippen LogP contribution in [-0.2, 0) is 6.54 Å². The molecule has 0 bridgehead atoms. The average Bonchev–Trinajstić information content (AvgIpc) is 2.58. The molecule has 1 unspecified atom stereocenters. The Kier molecular flexibility index (Phi) is 5.53. The summed E-state index contributed by atoms with van der Waals surface area (Å²) in [5, 5.41) is 13.4. The van der Waals surface area contributed by atoms with E-state index in [1.165, 1.54) is 11.3 Å². The summed E-state index contributed by atoms with van der Waals surface area (Å²) in [6.07, 6.45) is 2.62. The summed E-state index contributed by atoms with van der Waals surface area (Å²) in [6, 6.07) is 0.146. The van der Waals surface area contributed by atoms with E-state index >= 15 is 0 Å². The molecule has 0 amide bonds. The Morgan fingerprint density at radius 1 is 1.60 bits per heavy atom. The maximum Gasteiger partial charge on any atom is 0.113 e. The predicted molar refractivity (Wildman–Crippen MR) is 64.3 cm³/mol. The third-order valence-corrected chi connectivity index (χ3v) is 3.16. The number of nitrogens with one attached hydrogen (secondary N) is 1. The van der Waals surface area contributed by atoms with Crippen LogP contribution in [0.3, 0.4) is 0 Å². The zero-order valence-corrected chi connectivity index (χ0v) is 10.6. The van der Waals surface area contributed by atoms with Crippen LogP contribution in [0.5, 0.6) is 0 Å². The minimum absolute atomic E-state index is 0.146. The van der Waals surface area contributed by atoms with E-state index in [9.17, 15) is 0 Å². The minimum Gasteiger partial charge on any atom is -0.395 e. The van der Waals surface area contributed by atoms with E-state index in [1.807, 2.05) is 0 Å². The highest BCUT2D eigenvalue weighted by Crippen LogP contribution is 2.18. The quantitative estimate of drug-likeness (QED) is 0.812. The van der Waals surface area contributed by atoms with Crippen molar-refractivity contribution in [1.29, 1.82) is 0 Å². The van der Waals surface area contributed by atoms with Crippen molar-refractivity contribution in [2.75, 3.05) is 6.61 Å². The Labute approximate surface area is 99.5 Å². The van der Waals surface area contributed by atoms with E-state index in [-0.39, 0.29) is 12.6 Å². The monoisotopic (exact) mass is 248 g/mol. The van der Waals surface area contributed by atoms with Crippen LogP contribution >= 0.6 is 22.9 Å². The standard InChI is InChI=1S/C10H17ClN2OS/c1-7(2)3-8(6-14)12-5-10-13-4-9(11)15-10/h4,7-8,12,14H,3,5-6H2,1-2H3. The second-order valence-corrected chi connectivity index (χ2v) is 5.69. The molecule has 5 heteroatoms. The fraction of sp³-hybridized carbons (Fsp3) is 0.700. The fourth-order valence-electron chi connectivity index (χ4n) is 1.39. The molecule has 86 valence electrons. The first-order valence-corrected chi connectivity index (χ1v) is 6.25. The molecule has 3 nitrogen and oxygen atoms in total. The third-order valence-electron chi connectivity index (χ3n) is 2.04. The highest BCUT2D eigenvalue weighted by Gasteiger charge is 2.09. The Morgan fingerprint density at radius 2 is 2.33 bits per heavy atom. The minimum atomic E-state index is 0.146. The maximum atomic E-state index is 9.15. The number of nitrogens with zero attached hydrogens (tertiary/aromatic N) is 1. The van der Waals surface area contributed by atoms with Crippen LogP contribution in [-0.4, -0.2) is 22.7 Å². The molecule has 15 heavy (non-hydrogen) atoms. The molecule has 1 aromatic rings. The van der Waals surface area contributed by atoms with Crippen LogP contribution in [0, 0.1) is 5.92 Å². The van der Waals surface area contributed by atoms with Crippen molar-refractivity contribution in [3.05, 3.63) is 15.5 Å². The lowest BCUT2D eigenvalue weighted by Gasteiger charge is -2.17. The van der Waals surface area contributed by atoms with E-state index in [0.29, 0.717) is 16.8 Å². The molecular weight excluding hydrogens is 232 g/mol. The molecule has 0 radical (unpaired) electrons. The highest BCUT2D eigenvalue weighted by atomic mass is 35.5. The van der Waals surface area contributed by atoms with Gasteiger partial charge in [0.2, 0.25) is 0 Å². The van der Waals surface area contributed by atoms with Gasteiger partial charge < -0.3 is 10.4 Å². The summed E-state index contributed by atoms with van der Waals surface area (Å²) in [5.41, 5.74) is 0. The van der Waals surface area contributed by atoms with Crippen LogP contribution in [0.25, 0.3) is 0 Å². The molecule has 0 fully saturated rings. The summed E-state index contributed by atoms with van der Waals surface area (Å²) in [7, 11) is 0. The van der Waals surface area contributed by atoms with Crippen molar-refractivity contribution in [3.63, 3.8) is 0 Å². The SMILES string of the molecule is CC(C)CC(CO)NCc1ncc(Cl)s1. The lowest BCUT2D eigenvalue weighted by Crippen LogP contribution is -2.33. The summed E-state index contributed by atoms with van der Waals surface area (Å²) < 4.78 is 0.705. The first-order valence-electron chi connectivity index (χ1n) is 5.06. The number of halogens is 1. The molecule has 0 aliphatic carbocycles. The first kappa shape index (κ1) is 12.9. The molecule has 2 N–H and O–H groups in total. The Balaban J connectivity index is 2.34. The molecule has 0 saturated heterocycles. The van der Waals surface area contributed by atoms with Crippen LogP contribution in [0.15, 0.2) is 6.20 Å². The zero-order chi connectivity index (χ0) is 11.3. The number of thiazole rings is 1. The van der Waals surface area contributed by atoms with Gasteiger partial charge in [0, 0.05) is 12.6 Å². The Bertz CT molecular complexity index is 291. The Morgan fingerprint density at radius 3 is 2.80 bits per heavy atom. The van der Waals surface area contributed by atoms with Gasteiger partial charge in [-0.05, 0) is 12.3 Å². The van der Waals surface area contributed by atoms with Gasteiger partial charge in [0.05, 0.1) is 12.8 Å². The molecule has 1 heterocycles. The Hall–Kier alpha value is -0.160. The number of aliphatic hydroxyl groups excluding tert-OH is 1. The molecule has 0 aromatic carbocycles. The molecule has 1 rings (SSSR count). The summed E-state index contributed by atoms with van der Waals surface area (Å²) in [4.78, 5) is 4.14. The smallest absolute Gasteiger partial charge is 0.113 e. The van der Waals surface area contributed by atoms with E-state index < -0.39 is 0 Å². The van der Waals surface area contributed by atoms with Gasteiger partial charge in [0.25, 0.3) is 0 Å². The molecule has 0 aliphatic heterocycles. The van der Waals surface area contributed by atoms with Crippen LogP contribution in [0.4, 0.5) is 0 Å². The van der Waals surface area contributed by atoms with Gasteiger partial charge in [-0.3, -0.25) is 0 Å². The maximum absolute atomic E-state index is 9.15. The second-order valence-electron chi connectivity index (χ2n) is 3.95. The normalized spacial score (nSPS) is 13.4. The molecule has 1 atom stereocenters. The second kappa shape index (κ2) is 6.43. The third kappa shape index (κ3) is 4.93. The van der Waals surface area contributed by atoms with E-state index in [1.54, 1.807) is 6.20 Å². The van der Waals surface area contributed by atoms with Gasteiger partial charge in [-0.2, -0.15) is 0 Å². The summed E-state index contributed by atoms with van der Waals surface area (Å²) in [6.45, 7) is 5.13. The molecule has 0 spiro atoms. The van der Waals surface area contributed by atoms with E-state index in [0.717, 1.165) is 11.4 Å². The number of rotatable bonds is 6. The lowest BCUT2D eigenvalue weighted by molar-refractivity contribution is 0.223. The highest BCUT2D eigenvalue weighted by molar-refractivity contribution is 7.15. The number of aromatic nitrogens is 1. The molecular formula is C10H17ClN2OS. The van der Waals surface area contributed by atoms with E-state index in [2.05, 4.69) is 24.1 Å². The topological polar surface area (TPSA) is 45.1 Å². The van der Waals surface area contributed by atoms with Gasteiger partial charge in [-0.25, -0.2) is 4.98 Å². The molecule has 0 aliphatic rings. The number of hydrogen-bond donors (Lipinski definition) is 2. The van der Waals surface area contributed by atoms with Crippen molar-refractivity contribution >= 4 is 22.9 Å². The van der Waals surface area contributed by atoms with Crippen LogP contribution in [0.1, 0.15) is 25.3 Å². The summed E-state index contributed by atoms with van der Waals surface area (Å²) >= 11 is 7.24. The number of aliphatic hydroxyl groups is 1. The zero-order valence-electron chi connectivity index (χ0n) is 9.03. The van der Waals surface area contributed by atoms with Crippen molar-refractivity contribution in [1.82, 2.24) is 10.3 Å². The predicted octanol–water partition coefficient (Wildman–Crippen LogP) is 2.29. The number of hydrogen-bond acceptors (Lipinski definition) is 4. The van der Waals surface area contributed by atoms with Crippen molar-refractivity contribution in [2.45, 2.75) is 32.9 Å². The average molecular weight is 249 g/mol. The van der Waals surface area contributed by atoms with Gasteiger partial charge >= 0.3 is 0 Å².